The molecule has 1 N–H and O–H groups in total. The number of halogens is 1. The molecule has 0 aromatic heterocycles. The summed E-state index contributed by atoms with van der Waals surface area (Å²) in [6.07, 6.45) is 6.60. The van der Waals surface area contributed by atoms with E-state index < -0.39 is 11.7 Å². The number of benzene rings is 2. The van der Waals surface area contributed by atoms with Gasteiger partial charge in [0.2, 0.25) is 0 Å². The zero-order valence-corrected chi connectivity index (χ0v) is 13.0. The predicted molar refractivity (Wildman–Crippen MR) is 88.8 cm³/mol. The fraction of sp³-hybridized carbons (Fsp3) is 0.111. The van der Waals surface area contributed by atoms with Gasteiger partial charge in [0, 0.05) is 5.56 Å². The summed E-state index contributed by atoms with van der Waals surface area (Å²) in [7, 11) is 1.51. The summed E-state index contributed by atoms with van der Waals surface area (Å²) in [5.41, 5.74) is 3.37. The second kappa shape index (κ2) is 8.34. The van der Waals surface area contributed by atoms with Crippen molar-refractivity contribution in [2.24, 2.45) is 5.10 Å². The standard InChI is InChI=1S/C18H15FN2O3/c1-3-10-24-16-9-4-13(11-17(16)23-2)12-20-21-18(22)14-5-7-15(19)8-6-14/h1,4-9,11-12H,10H2,2H3,(H,21,22)/b20-12+. The minimum Gasteiger partial charge on any atom is -0.493 e. The van der Waals surface area contributed by atoms with Gasteiger partial charge in [0.15, 0.2) is 11.5 Å². The van der Waals surface area contributed by atoms with Crippen molar-refractivity contribution in [3.63, 3.8) is 0 Å². The highest BCUT2D eigenvalue weighted by molar-refractivity contribution is 5.94. The number of ether oxygens (including phenoxy) is 2. The second-order valence-corrected chi connectivity index (χ2v) is 4.61. The SMILES string of the molecule is C#CCOc1ccc(/C=N/NC(=O)c2ccc(F)cc2)cc1OC. The minimum atomic E-state index is -0.438. The Kier molecular flexibility index (Phi) is 5.92. The molecule has 2 rings (SSSR count). The highest BCUT2D eigenvalue weighted by Gasteiger charge is 2.05. The molecular formula is C18H15FN2O3. The summed E-state index contributed by atoms with van der Waals surface area (Å²) in [6, 6.07) is 10.3. The molecule has 0 fully saturated rings. The molecular weight excluding hydrogens is 311 g/mol. The van der Waals surface area contributed by atoms with Crippen LogP contribution in [0.1, 0.15) is 15.9 Å². The Morgan fingerprint density at radius 3 is 2.71 bits per heavy atom. The van der Waals surface area contributed by atoms with Crippen molar-refractivity contribution in [2.45, 2.75) is 0 Å². The van der Waals surface area contributed by atoms with Crippen molar-refractivity contribution < 1.29 is 18.7 Å². The summed E-state index contributed by atoms with van der Waals surface area (Å²) in [4.78, 5) is 11.8. The van der Waals surface area contributed by atoms with Crippen LogP contribution < -0.4 is 14.9 Å². The Hall–Kier alpha value is -3.33. The smallest absolute Gasteiger partial charge is 0.271 e. The topological polar surface area (TPSA) is 59.9 Å². The van der Waals surface area contributed by atoms with Crippen LogP contribution in [0.25, 0.3) is 0 Å². The third-order valence-corrected chi connectivity index (χ3v) is 2.98. The lowest BCUT2D eigenvalue weighted by Gasteiger charge is -2.09. The van der Waals surface area contributed by atoms with Crippen LogP contribution in [0.5, 0.6) is 11.5 Å². The van der Waals surface area contributed by atoms with Crippen LogP contribution in [-0.4, -0.2) is 25.8 Å². The van der Waals surface area contributed by atoms with Gasteiger partial charge < -0.3 is 9.47 Å². The maximum atomic E-state index is 12.8. The number of terminal acetylenes is 1. The van der Waals surface area contributed by atoms with E-state index in [1.54, 1.807) is 18.2 Å². The number of rotatable bonds is 6. The van der Waals surface area contributed by atoms with Gasteiger partial charge in [-0.25, -0.2) is 9.82 Å². The maximum absolute atomic E-state index is 12.8. The molecule has 6 heteroatoms. The summed E-state index contributed by atoms with van der Waals surface area (Å²) < 4.78 is 23.4. The van der Waals surface area contributed by atoms with E-state index in [1.807, 2.05) is 0 Å². The number of nitrogens with zero attached hydrogens (tertiary/aromatic N) is 1. The highest BCUT2D eigenvalue weighted by Crippen LogP contribution is 2.27. The molecule has 0 saturated heterocycles. The molecule has 0 radical (unpaired) electrons. The van der Waals surface area contributed by atoms with E-state index in [2.05, 4.69) is 16.4 Å². The average Bonchev–Trinajstić information content (AvgIpc) is 2.60. The molecule has 0 heterocycles. The van der Waals surface area contributed by atoms with Gasteiger partial charge in [0.1, 0.15) is 12.4 Å². The maximum Gasteiger partial charge on any atom is 0.271 e. The van der Waals surface area contributed by atoms with E-state index in [4.69, 9.17) is 15.9 Å². The molecule has 0 bridgehead atoms. The van der Waals surface area contributed by atoms with Crippen LogP contribution in [-0.2, 0) is 0 Å². The number of carbonyl (C=O) groups excluding carboxylic acids is 1. The van der Waals surface area contributed by atoms with Gasteiger partial charge in [-0.3, -0.25) is 4.79 Å². The lowest BCUT2D eigenvalue weighted by Crippen LogP contribution is -2.17. The highest BCUT2D eigenvalue weighted by atomic mass is 19.1. The summed E-state index contributed by atoms with van der Waals surface area (Å²) in [6.45, 7) is 0.136. The Morgan fingerprint density at radius 1 is 1.29 bits per heavy atom. The third-order valence-electron chi connectivity index (χ3n) is 2.98. The van der Waals surface area contributed by atoms with E-state index in [0.29, 0.717) is 22.6 Å². The zero-order valence-electron chi connectivity index (χ0n) is 13.0. The molecule has 1 amide bonds. The Labute approximate surface area is 139 Å². The van der Waals surface area contributed by atoms with Crippen molar-refractivity contribution in [3.05, 3.63) is 59.4 Å². The van der Waals surface area contributed by atoms with Crippen LogP contribution in [0.4, 0.5) is 4.39 Å². The third kappa shape index (κ3) is 4.58. The monoisotopic (exact) mass is 326 g/mol. The number of hydrazone groups is 1. The number of nitrogens with one attached hydrogen (secondary N) is 1. The first-order valence-corrected chi connectivity index (χ1v) is 6.97. The molecule has 2 aromatic carbocycles. The molecule has 0 aliphatic heterocycles. The molecule has 0 atom stereocenters. The van der Waals surface area contributed by atoms with Crippen LogP contribution in [0.15, 0.2) is 47.6 Å². The lowest BCUT2D eigenvalue weighted by atomic mass is 10.2. The van der Waals surface area contributed by atoms with Gasteiger partial charge in [0.05, 0.1) is 13.3 Å². The van der Waals surface area contributed by atoms with Crippen LogP contribution in [0.2, 0.25) is 0 Å². The van der Waals surface area contributed by atoms with Crippen molar-refractivity contribution >= 4 is 12.1 Å². The van der Waals surface area contributed by atoms with Gasteiger partial charge in [0.25, 0.3) is 5.91 Å². The molecule has 0 unspecified atom stereocenters. The van der Waals surface area contributed by atoms with E-state index >= 15 is 0 Å². The molecule has 0 aliphatic rings. The van der Waals surface area contributed by atoms with E-state index in [0.717, 1.165) is 0 Å². The lowest BCUT2D eigenvalue weighted by molar-refractivity contribution is 0.0955. The Bertz CT molecular complexity index is 780. The van der Waals surface area contributed by atoms with E-state index in [9.17, 15) is 9.18 Å². The largest absolute Gasteiger partial charge is 0.493 e. The number of carbonyl (C=O) groups is 1. The predicted octanol–water partition coefficient (Wildman–Crippen LogP) is 2.61. The first-order valence-electron chi connectivity index (χ1n) is 6.97. The van der Waals surface area contributed by atoms with Gasteiger partial charge in [-0.05, 0) is 48.0 Å². The number of hydrogen-bond acceptors (Lipinski definition) is 4. The molecule has 0 saturated carbocycles. The molecule has 24 heavy (non-hydrogen) atoms. The first kappa shape index (κ1) is 17.0. The minimum absolute atomic E-state index is 0.136. The zero-order chi connectivity index (χ0) is 17.4. The normalized spacial score (nSPS) is 10.2. The quantitative estimate of drug-likeness (QED) is 0.504. The van der Waals surface area contributed by atoms with Gasteiger partial charge >= 0.3 is 0 Å². The van der Waals surface area contributed by atoms with Crippen LogP contribution >= 0.6 is 0 Å². The molecule has 5 nitrogen and oxygen atoms in total. The molecule has 2 aromatic rings. The van der Waals surface area contributed by atoms with Crippen molar-refractivity contribution in [1.82, 2.24) is 5.43 Å². The summed E-state index contributed by atoms with van der Waals surface area (Å²) in [5, 5.41) is 3.86. The average molecular weight is 326 g/mol. The molecule has 0 spiro atoms. The number of methoxy groups -OCH3 is 1. The van der Waals surface area contributed by atoms with Gasteiger partial charge in [-0.2, -0.15) is 5.10 Å². The van der Waals surface area contributed by atoms with Crippen molar-refractivity contribution in [2.75, 3.05) is 13.7 Å². The van der Waals surface area contributed by atoms with Crippen molar-refractivity contribution in [1.29, 1.82) is 0 Å². The fourth-order valence-corrected chi connectivity index (χ4v) is 1.83. The van der Waals surface area contributed by atoms with Crippen molar-refractivity contribution in [3.8, 4) is 23.8 Å². The van der Waals surface area contributed by atoms with Crippen LogP contribution in [0, 0.1) is 18.2 Å². The van der Waals surface area contributed by atoms with E-state index in [1.165, 1.54) is 37.6 Å². The fourth-order valence-electron chi connectivity index (χ4n) is 1.83. The number of amides is 1. The molecule has 0 aliphatic carbocycles. The van der Waals surface area contributed by atoms with Gasteiger partial charge in [-0.15, -0.1) is 6.42 Å². The number of hydrogen-bond donors (Lipinski definition) is 1. The Balaban J connectivity index is 2.02. The second-order valence-electron chi connectivity index (χ2n) is 4.61. The summed E-state index contributed by atoms with van der Waals surface area (Å²) in [5.74, 6) is 2.54. The molecule has 122 valence electrons. The Morgan fingerprint density at radius 2 is 2.04 bits per heavy atom. The van der Waals surface area contributed by atoms with Crippen LogP contribution in [0.3, 0.4) is 0 Å². The van der Waals surface area contributed by atoms with E-state index in [-0.39, 0.29) is 6.61 Å². The first-order chi connectivity index (χ1) is 11.6. The van der Waals surface area contributed by atoms with Gasteiger partial charge in [-0.1, -0.05) is 5.92 Å². The summed E-state index contributed by atoms with van der Waals surface area (Å²) >= 11 is 0.